The zero-order valence-electron chi connectivity index (χ0n) is 9.77. The van der Waals surface area contributed by atoms with E-state index in [1.54, 1.807) is 0 Å². The van der Waals surface area contributed by atoms with Crippen LogP contribution in [0.4, 0.5) is 0 Å². The predicted molar refractivity (Wildman–Crippen MR) is 61.8 cm³/mol. The van der Waals surface area contributed by atoms with Gasteiger partial charge >= 0.3 is 10.3 Å². The first-order valence-electron chi connectivity index (χ1n) is 5.67. The van der Waals surface area contributed by atoms with Crippen molar-refractivity contribution in [2.24, 2.45) is 22.4 Å². The van der Waals surface area contributed by atoms with Crippen LogP contribution in [0.5, 0.6) is 0 Å². The molecule has 2 atom stereocenters. The van der Waals surface area contributed by atoms with Crippen molar-refractivity contribution in [2.45, 2.75) is 33.1 Å². The Bertz CT molecular complexity index is 411. The lowest BCUT2D eigenvalue weighted by Crippen LogP contribution is -2.48. The van der Waals surface area contributed by atoms with Gasteiger partial charge in [-0.2, -0.15) is 8.42 Å². The minimum Gasteiger partial charge on any atom is -0.258 e. The quantitative estimate of drug-likeness (QED) is 0.765. The molecule has 92 valence electrons. The summed E-state index contributed by atoms with van der Waals surface area (Å²) in [6.45, 7) is 4.75. The fraction of sp³-hybridized carbons (Fsp3) is 0.818. The number of allylic oxidation sites excluding steroid dienone is 1. The van der Waals surface area contributed by atoms with Gasteiger partial charge in [-0.25, -0.2) is 5.14 Å². The Morgan fingerprint density at radius 1 is 1.56 bits per heavy atom. The van der Waals surface area contributed by atoms with E-state index in [0.717, 1.165) is 12.3 Å². The van der Waals surface area contributed by atoms with Crippen molar-refractivity contribution in [3.05, 3.63) is 11.6 Å². The molecular weight excluding hydrogens is 226 g/mol. The van der Waals surface area contributed by atoms with Crippen LogP contribution in [0.3, 0.4) is 0 Å². The molecule has 1 saturated carbocycles. The lowest BCUT2D eigenvalue weighted by molar-refractivity contribution is -0.00910. The molecule has 0 aromatic heterocycles. The monoisotopic (exact) mass is 245 g/mol. The van der Waals surface area contributed by atoms with Crippen molar-refractivity contribution in [3.8, 4) is 0 Å². The van der Waals surface area contributed by atoms with Crippen molar-refractivity contribution >= 4 is 10.3 Å². The Morgan fingerprint density at radius 3 is 2.75 bits per heavy atom. The van der Waals surface area contributed by atoms with Crippen molar-refractivity contribution in [1.82, 2.24) is 0 Å². The predicted octanol–water partition coefficient (Wildman–Crippen LogP) is 1.59. The van der Waals surface area contributed by atoms with Crippen LogP contribution in [0.1, 0.15) is 33.1 Å². The number of fused-ring (bicyclic) bond motifs is 1. The van der Waals surface area contributed by atoms with Crippen LogP contribution in [0.15, 0.2) is 11.6 Å². The van der Waals surface area contributed by atoms with Gasteiger partial charge in [0.1, 0.15) is 0 Å². The van der Waals surface area contributed by atoms with Crippen LogP contribution < -0.4 is 5.14 Å². The largest absolute Gasteiger partial charge is 0.333 e. The number of hydrogen-bond acceptors (Lipinski definition) is 3. The summed E-state index contributed by atoms with van der Waals surface area (Å²) in [5.74, 6) is 1.41. The molecule has 0 saturated heterocycles. The minimum atomic E-state index is -3.79. The van der Waals surface area contributed by atoms with E-state index in [1.165, 1.54) is 12.0 Å². The van der Waals surface area contributed by atoms with E-state index >= 15 is 0 Å². The zero-order valence-corrected chi connectivity index (χ0v) is 10.6. The maximum Gasteiger partial charge on any atom is 0.333 e. The van der Waals surface area contributed by atoms with Crippen molar-refractivity contribution in [2.75, 3.05) is 6.61 Å². The molecule has 0 spiro atoms. The van der Waals surface area contributed by atoms with Crippen molar-refractivity contribution in [1.29, 1.82) is 0 Å². The van der Waals surface area contributed by atoms with Crippen LogP contribution in [0.2, 0.25) is 0 Å². The zero-order chi connectivity index (χ0) is 12.0. The van der Waals surface area contributed by atoms with Crippen LogP contribution in [0.25, 0.3) is 0 Å². The lowest BCUT2D eigenvalue weighted by atomic mass is 9.48. The van der Waals surface area contributed by atoms with E-state index in [0.29, 0.717) is 17.8 Å². The van der Waals surface area contributed by atoms with E-state index in [2.05, 4.69) is 24.1 Å². The van der Waals surface area contributed by atoms with E-state index in [9.17, 15) is 8.42 Å². The summed E-state index contributed by atoms with van der Waals surface area (Å²) in [5.41, 5.74) is 1.72. The Labute approximate surface area is 97.1 Å². The van der Waals surface area contributed by atoms with Gasteiger partial charge in [0.05, 0.1) is 6.61 Å². The van der Waals surface area contributed by atoms with E-state index in [4.69, 9.17) is 5.14 Å². The molecule has 2 bridgehead atoms. The Hall–Kier alpha value is -0.390. The Morgan fingerprint density at radius 2 is 2.25 bits per heavy atom. The van der Waals surface area contributed by atoms with E-state index in [1.807, 2.05) is 0 Å². The summed E-state index contributed by atoms with van der Waals surface area (Å²) in [6.07, 6.45) is 5.29. The molecular formula is C11H19NO3S. The highest BCUT2D eigenvalue weighted by molar-refractivity contribution is 7.84. The third-order valence-electron chi connectivity index (χ3n) is 4.22. The fourth-order valence-corrected chi connectivity index (χ4v) is 3.35. The minimum absolute atomic E-state index is 0.169. The van der Waals surface area contributed by atoms with Gasteiger partial charge in [0, 0.05) is 0 Å². The summed E-state index contributed by atoms with van der Waals surface area (Å²) < 4.78 is 25.8. The van der Waals surface area contributed by atoms with E-state index < -0.39 is 10.3 Å². The highest BCUT2D eigenvalue weighted by Gasteiger charge is 2.50. The summed E-state index contributed by atoms with van der Waals surface area (Å²) in [7, 11) is -3.79. The molecule has 1 fully saturated rings. The summed E-state index contributed by atoms with van der Waals surface area (Å²) >= 11 is 0. The molecule has 16 heavy (non-hydrogen) atoms. The number of rotatable bonds is 4. The van der Waals surface area contributed by atoms with Gasteiger partial charge in [-0.3, -0.25) is 4.18 Å². The van der Waals surface area contributed by atoms with Gasteiger partial charge in [-0.15, -0.1) is 0 Å². The first kappa shape index (κ1) is 12.1. The standard InChI is InChI=1S/C11H19NO3S/c1-11(2)9-4-3-8(10(11)7-9)5-6-15-16(12,13)14/h3,9-10H,4-7H2,1-2H3,(H2,12,13,14)/t9-,10?/m0/s1. The third-order valence-corrected chi connectivity index (χ3v) is 4.72. The second-order valence-electron chi connectivity index (χ2n) is 5.39. The molecule has 0 aromatic carbocycles. The van der Waals surface area contributed by atoms with Gasteiger partial charge in [-0.05, 0) is 36.5 Å². The van der Waals surface area contributed by atoms with Gasteiger partial charge in [0.2, 0.25) is 0 Å². The topological polar surface area (TPSA) is 69.4 Å². The smallest absolute Gasteiger partial charge is 0.258 e. The lowest BCUT2D eigenvalue weighted by Gasteiger charge is -2.56. The molecule has 0 amide bonds. The van der Waals surface area contributed by atoms with Crippen LogP contribution in [-0.2, 0) is 14.5 Å². The molecule has 0 heterocycles. The average Bonchev–Trinajstić information content (AvgIpc) is 2.15. The van der Waals surface area contributed by atoms with Crippen LogP contribution in [0, 0.1) is 17.3 Å². The molecule has 3 aliphatic carbocycles. The van der Waals surface area contributed by atoms with Crippen LogP contribution >= 0.6 is 0 Å². The van der Waals surface area contributed by atoms with Crippen LogP contribution in [-0.4, -0.2) is 15.0 Å². The maximum atomic E-state index is 10.6. The first-order chi connectivity index (χ1) is 7.31. The van der Waals surface area contributed by atoms with Gasteiger partial charge in [0.15, 0.2) is 0 Å². The molecule has 3 rings (SSSR count). The summed E-state index contributed by atoms with van der Waals surface area (Å²) in [6, 6.07) is 0. The van der Waals surface area contributed by atoms with Gasteiger partial charge in [-0.1, -0.05) is 25.5 Å². The molecule has 4 nitrogen and oxygen atoms in total. The van der Waals surface area contributed by atoms with Gasteiger partial charge in [0.25, 0.3) is 0 Å². The fourth-order valence-electron chi connectivity index (χ4n) is 3.03. The van der Waals surface area contributed by atoms with Crippen molar-refractivity contribution < 1.29 is 12.6 Å². The molecule has 1 unspecified atom stereocenters. The third kappa shape index (κ3) is 2.17. The molecule has 5 heteroatoms. The highest BCUT2D eigenvalue weighted by Crippen LogP contribution is 2.59. The van der Waals surface area contributed by atoms with Crippen molar-refractivity contribution in [3.63, 3.8) is 0 Å². The molecule has 0 aliphatic heterocycles. The first-order valence-corrected chi connectivity index (χ1v) is 7.14. The molecule has 3 aliphatic rings. The second kappa shape index (κ2) is 3.82. The van der Waals surface area contributed by atoms with E-state index in [-0.39, 0.29) is 6.61 Å². The Kier molecular flexibility index (Phi) is 2.88. The highest BCUT2D eigenvalue weighted by atomic mass is 32.2. The normalized spacial score (nSPS) is 31.8. The molecule has 2 N–H and O–H groups in total. The maximum absolute atomic E-state index is 10.6. The molecule has 0 aromatic rings. The second-order valence-corrected chi connectivity index (χ2v) is 6.61. The SMILES string of the molecule is CC1(C)C2C[C@@H]1CC=C2CCOS(N)(=O)=O. The average molecular weight is 245 g/mol. The molecule has 0 radical (unpaired) electrons. The summed E-state index contributed by atoms with van der Waals surface area (Å²) in [4.78, 5) is 0. The number of nitrogens with two attached hydrogens (primary N) is 1. The Balaban J connectivity index is 1.90. The summed E-state index contributed by atoms with van der Waals surface area (Å²) in [5, 5.41) is 4.78. The van der Waals surface area contributed by atoms with Gasteiger partial charge < -0.3 is 0 Å². The number of hydrogen-bond donors (Lipinski definition) is 1.